The van der Waals surface area contributed by atoms with E-state index in [1.807, 2.05) is 0 Å². The van der Waals surface area contributed by atoms with E-state index in [1.165, 1.54) is 36.0 Å². The van der Waals surface area contributed by atoms with Crippen molar-refractivity contribution in [1.82, 2.24) is 0 Å². The Balaban J connectivity index is 5.58. The molecule has 0 saturated heterocycles. The van der Waals surface area contributed by atoms with Crippen molar-refractivity contribution in [2.24, 2.45) is 0 Å². The van der Waals surface area contributed by atoms with Crippen LogP contribution in [0.4, 0.5) is 0 Å². The summed E-state index contributed by atoms with van der Waals surface area (Å²) in [5.74, 6) is -5.34. The molecule has 12 nitrogen and oxygen atoms in total. The Morgan fingerprint density at radius 1 is 0.552 bits per heavy atom. The van der Waals surface area contributed by atoms with E-state index in [-0.39, 0.29) is 23.0 Å². The minimum absolute atomic E-state index is 0.0316. The van der Waals surface area contributed by atoms with Crippen molar-refractivity contribution in [2.45, 2.75) is 24.2 Å². The number of carboxylic acids is 4. The van der Waals surface area contributed by atoms with Gasteiger partial charge in [-0.15, -0.1) is 0 Å². The normalized spacial score (nSPS) is 16.4. The predicted octanol–water partition coefficient (Wildman–Crippen LogP) is -10.2. The van der Waals surface area contributed by atoms with Crippen LogP contribution in [0.3, 0.4) is 0 Å². The van der Waals surface area contributed by atoms with Crippen LogP contribution in [-0.4, -0.2) is 83.7 Å². The second-order valence-corrected chi connectivity index (χ2v) is 40.2. The second kappa shape index (κ2) is 14.1. The molecule has 0 aliphatic rings. The number of quaternary nitrogens is 4. The molecule has 0 fully saturated rings. The summed E-state index contributed by atoms with van der Waals surface area (Å²) >= 11 is -3.55. The maximum absolute atomic E-state index is 11.0. The molecule has 0 amide bonds. The van der Waals surface area contributed by atoms with Gasteiger partial charge in [0.1, 0.15) is 0 Å². The Hall–Kier alpha value is -0.0904. The van der Waals surface area contributed by atoms with E-state index in [2.05, 4.69) is 22.9 Å². The van der Waals surface area contributed by atoms with Gasteiger partial charge in [-0.05, 0) is 0 Å². The Kier molecular flexibility index (Phi) is 14.0. The van der Waals surface area contributed by atoms with E-state index in [1.54, 1.807) is 0 Å². The van der Waals surface area contributed by atoms with Crippen molar-refractivity contribution >= 4 is 72.5 Å². The van der Waals surface area contributed by atoms with Gasteiger partial charge in [-0.3, -0.25) is 0 Å². The molecule has 0 aromatic rings. The fraction of sp³-hybridized carbons (Fsp3) is 0.667. The Labute approximate surface area is 181 Å². The summed E-state index contributed by atoms with van der Waals surface area (Å²) < 4.78 is 0. The fourth-order valence-electron chi connectivity index (χ4n) is 1.14. The van der Waals surface area contributed by atoms with Crippen LogP contribution in [-0.2, 0) is 19.2 Å². The summed E-state index contributed by atoms with van der Waals surface area (Å²) in [6, 6.07) is -4.23. The van der Waals surface area contributed by atoms with Crippen molar-refractivity contribution in [3.05, 3.63) is 0 Å². The average molecular weight is 608 g/mol. The fourth-order valence-corrected chi connectivity index (χ4v) is 39.9. The van der Waals surface area contributed by atoms with Crippen LogP contribution in [0.5, 0.6) is 0 Å². The first-order valence-corrected chi connectivity index (χ1v) is 22.9. The molecule has 0 radical (unpaired) electrons. The molecule has 29 heavy (non-hydrogen) atoms. The van der Waals surface area contributed by atoms with E-state index < -0.39 is 60.7 Å². The molecule has 0 spiro atoms. The number of hydrogen-bond acceptors (Lipinski definition) is 12. The van der Waals surface area contributed by atoms with Gasteiger partial charge in [-0.2, -0.15) is 0 Å². The molecule has 0 aromatic heterocycles. The maximum atomic E-state index is 11.0. The third-order valence-electron chi connectivity index (χ3n) is 2.99. The number of hydrogen-bond donors (Lipinski definition) is 4. The van der Waals surface area contributed by atoms with Gasteiger partial charge in [0.2, 0.25) is 0 Å². The zero-order valence-corrected chi connectivity index (χ0v) is 20.9. The number of carboxylic acid groups (broad SMARTS) is 4. The number of rotatable bonds is 16. The third kappa shape index (κ3) is 11.8. The van der Waals surface area contributed by atoms with Gasteiger partial charge in [-0.25, -0.2) is 0 Å². The zero-order chi connectivity index (χ0) is 22.8. The molecule has 0 unspecified atom stereocenters. The number of aliphatic carboxylic acids is 4. The second-order valence-electron chi connectivity index (χ2n) is 5.61. The summed E-state index contributed by atoms with van der Waals surface area (Å²) in [5, 5.41) is 44.0. The number of carbonyl (C=O) groups excluding carboxylic acids is 4. The van der Waals surface area contributed by atoms with Crippen LogP contribution < -0.4 is 43.4 Å². The molecular weight excluding hydrogens is 584 g/mol. The zero-order valence-electron chi connectivity index (χ0n) is 15.3. The summed E-state index contributed by atoms with van der Waals surface area (Å²) in [5.41, 5.74) is 13.9. The van der Waals surface area contributed by atoms with Crippen LogP contribution in [0.25, 0.3) is 0 Å². The van der Waals surface area contributed by atoms with E-state index >= 15 is 0 Å². The van der Waals surface area contributed by atoms with Gasteiger partial charge in [0, 0.05) is 0 Å². The van der Waals surface area contributed by atoms with Gasteiger partial charge in [0.15, 0.2) is 0 Å². The topological polar surface area (TPSA) is 271 Å². The van der Waals surface area contributed by atoms with E-state index in [0.29, 0.717) is 0 Å². The minimum atomic E-state index is -3.55. The van der Waals surface area contributed by atoms with Crippen LogP contribution in [0.2, 0.25) is 0 Å². The molecule has 0 saturated carbocycles. The van der Waals surface area contributed by atoms with Gasteiger partial charge in [0.05, 0.1) is 0 Å². The van der Waals surface area contributed by atoms with Crippen LogP contribution in [0, 0.1) is 0 Å². The molecule has 0 aromatic carbocycles. The van der Waals surface area contributed by atoms with E-state index in [9.17, 15) is 39.6 Å². The Morgan fingerprint density at radius 3 is 0.862 bits per heavy atom. The first-order valence-electron chi connectivity index (χ1n) is 7.88. The van der Waals surface area contributed by atoms with Gasteiger partial charge in [0.25, 0.3) is 0 Å². The van der Waals surface area contributed by atoms with Gasteiger partial charge < -0.3 is 0 Å². The molecule has 0 heterocycles. The monoisotopic (exact) mass is 610 g/mol. The van der Waals surface area contributed by atoms with E-state index in [0.717, 1.165) is 0 Å². The SMILES string of the molecule is [NH3+][C@@H](CS[Te](SC[C@H]([NH3+])C(=O)[O-])(SC[C@H]([NH3+])C(=O)[O-])SC[C@H]([NH3+])C(=O)[O-])C(=O)[O-]. The summed E-state index contributed by atoms with van der Waals surface area (Å²) in [6.07, 6.45) is 0. The molecule has 0 bridgehead atoms. The first-order chi connectivity index (χ1) is 13.3. The molecule has 0 aliphatic carbocycles. The van der Waals surface area contributed by atoms with Crippen molar-refractivity contribution in [3.63, 3.8) is 0 Å². The van der Waals surface area contributed by atoms with Crippen molar-refractivity contribution in [2.75, 3.05) is 23.0 Å². The third-order valence-corrected chi connectivity index (χ3v) is 44.1. The average Bonchev–Trinajstić information content (AvgIpc) is 2.64. The first kappa shape index (κ1) is 28.9. The summed E-state index contributed by atoms with van der Waals surface area (Å²) in [7, 11) is 4.95. The molecule has 0 rings (SSSR count). The van der Waals surface area contributed by atoms with E-state index in [4.69, 9.17) is 0 Å². The molecule has 17 heteroatoms. The van der Waals surface area contributed by atoms with Gasteiger partial charge in [-0.1, -0.05) is 0 Å². The Bertz CT molecular complexity index is 503. The molecule has 12 N–H and O–H groups in total. The quantitative estimate of drug-likeness (QED) is 0.119. The van der Waals surface area contributed by atoms with Crippen molar-refractivity contribution in [1.29, 1.82) is 0 Å². The summed E-state index contributed by atoms with van der Waals surface area (Å²) in [4.78, 5) is 44.0. The predicted molar refractivity (Wildman–Crippen MR) is 102 cm³/mol. The molecular formula is C12H24N4O8S4Te. The summed E-state index contributed by atoms with van der Waals surface area (Å²) in [6.45, 7) is 0. The van der Waals surface area contributed by atoms with Crippen molar-refractivity contribution in [3.8, 4) is 0 Å². The van der Waals surface area contributed by atoms with Gasteiger partial charge >= 0.3 is 182 Å². The number of carbonyl (C=O) groups is 4. The molecule has 170 valence electrons. The van der Waals surface area contributed by atoms with Crippen LogP contribution >= 0.6 is 36.0 Å². The Morgan fingerprint density at radius 2 is 0.724 bits per heavy atom. The molecule has 0 aliphatic heterocycles. The standard InChI is InChI=1S/C12H24N4O8S4Te/c13-5(9(17)18)1-25-29(26-2-6(14)10(19)20,27-3-7(15)11(21)22)28-4-8(16)12(23)24/h5-8H,1-4,13-16H2,(H,17,18)(H,19,20)(H,21,22)(H,23,24)/t5-,6-,7-,8-/m0/s1. The van der Waals surface area contributed by atoms with Crippen molar-refractivity contribution < 1.29 is 62.5 Å². The van der Waals surface area contributed by atoms with Crippen LogP contribution in [0.15, 0.2) is 0 Å². The molecule has 4 atom stereocenters. The van der Waals surface area contributed by atoms with Crippen LogP contribution in [0.1, 0.15) is 0 Å².